The fourth-order valence-electron chi connectivity index (χ4n) is 6.97. The minimum Gasteiger partial charge on any atom is -0.393 e. The molecule has 3 aliphatic carbocycles. The van der Waals surface area contributed by atoms with Crippen molar-refractivity contribution in [2.75, 3.05) is 0 Å². The highest BCUT2D eigenvalue weighted by atomic mass is 16.3. The van der Waals surface area contributed by atoms with E-state index < -0.39 is 23.9 Å². The highest BCUT2D eigenvalue weighted by molar-refractivity contribution is 5.38. The number of fused-ring (bicyclic) bond motifs is 1. The Hall–Kier alpha value is -0.940. The summed E-state index contributed by atoms with van der Waals surface area (Å²) in [6.07, 6.45) is 10.1. The predicted molar refractivity (Wildman–Crippen MR) is 125 cm³/mol. The zero-order chi connectivity index (χ0) is 23.0. The van der Waals surface area contributed by atoms with Gasteiger partial charge >= 0.3 is 0 Å². The summed E-state index contributed by atoms with van der Waals surface area (Å²) in [4.78, 5) is 0. The second-order valence-corrected chi connectivity index (χ2v) is 11.5. The van der Waals surface area contributed by atoms with Crippen LogP contribution in [0.3, 0.4) is 0 Å². The molecule has 0 bridgehead atoms. The summed E-state index contributed by atoms with van der Waals surface area (Å²) in [7, 11) is 0. The van der Waals surface area contributed by atoms with Crippen LogP contribution >= 0.6 is 0 Å². The zero-order valence-corrected chi connectivity index (χ0v) is 20.0. The molecule has 0 spiro atoms. The first-order chi connectivity index (χ1) is 14.4. The van der Waals surface area contributed by atoms with Gasteiger partial charge in [-0.3, -0.25) is 0 Å². The zero-order valence-electron chi connectivity index (χ0n) is 20.0. The molecule has 7 atom stereocenters. The molecule has 4 nitrogen and oxygen atoms in total. The minimum absolute atomic E-state index is 0.0340. The molecular weight excluding hydrogens is 388 g/mol. The minimum atomic E-state index is -0.870. The maximum Gasteiger partial charge on any atom is 0.0811 e. The molecule has 1 unspecified atom stereocenters. The molecule has 3 aliphatic rings. The van der Waals surface area contributed by atoms with Crippen molar-refractivity contribution >= 4 is 0 Å². The van der Waals surface area contributed by atoms with Gasteiger partial charge in [0.15, 0.2) is 0 Å². The van der Waals surface area contributed by atoms with Crippen molar-refractivity contribution < 1.29 is 20.4 Å². The van der Waals surface area contributed by atoms with Gasteiger partial charge in [-0.15, -0.1) is 0 Å². The quantitative estimate of drug-likeness (QED) is 0.491. The van der Waals surface area contributed by atoms with Crippen LogP contribution in [0, 0.1) is 23.2 Å². The van der Waals surface area contributed by atoms with E-state index in [-0.39, 0.29) is 11.3 Å². The van der Waals surface area contributed by atoms with Gasteiger partial charge in [0, 0.05) is 12.8 Å². The third kappa shape index (κ3) is 5.35. The standard InChI is InChI=1S/C27H44O4/c1-17(2)13-22(29)16-27(5,31)25-11-10-23-19(7-6-12-26(23,25)4)8-9-20-14-21(28)15-24(30)18(20)3/h8-9,17,21-25,28-31H,3,6-7,10-16H2,1-2,4-5H3/t21-,22?,23-,24+,25-,26-,27-/m0/s1. The molecule has 0 aromatic carbocycles. The van der Waals surface area contributed by atoms with Gasteiger partial charge in [-0.25, -0.2) is 0 Å². The van der Waals surface area contributed by atoms with Crippen molar-refractivity contribution in [2.45, 2.75) is 109 Å². The molecule has 3 rings (SSSR count). The van der Waals surface area contributed by atoms with E-state index in [0.29, 0.717) is 31.1 Å². The molecule has 4 heteroatoms. The summed E-state index contributed by atoms with van der Waals surface area (Å²) in [5.41, 5.74) is 2.26. The van der Waals surface area contributed by atoms with Crippen molar-refractivity contribution in [1.29, 1.82) is 0 Å². The lowest BCUT2D eigenvalue weighted by atomic mass is 9.59. The second kappa shape index (κ2) is 9.51. The first-order valence-corrected chi connectivity index (χ1v) is 12.3. The molecule has 0 saturated heterocycles. The summed E-state index contributed by atoms with van der Waals surface area (Å²) < 4.78 is 0. The van der Waals surface area contributed by atoms with Crippen LogP contribution in [-0.2, 0) is 0 Å². The van der Waals surface area contributed by atoms with Gasteiger partial charge in [-0.1, -0.05) is 45.1 Å². The van der Waals surface area contributed by atoms with Crippen molar-refractivity contribution in [3.05, 3.63) is 35.5 Å². The highest BCUT2D eigenvalue weighted by Gasteiger charge is 2.55. The van der Waals surface area contributed by atoms with Crippen LogP contribution in [-0.4, -0.2) is 44.3 Å². The van der Waals surface area contributed by atoms with E-state index in [1.807, 2.05) is 6.92 Å². The molecule has 0 aromatic rings. The normalized spacial score (nSPS) is 39.7. The summed E-state index contributed by atoms with van der Waals surface area (Å²) in [6.45, 7) is 12.5. The van der Waals surface area contributed by atoms with Crippen LogP contribution in [0.5, 0.6) is 0 Å². The van der Waals surface area contributed by atoms with Crippen LogP contribution in [0.4, 0.5) is 0 Å². The molecule has 0 aromatic heterocycles. The van der Waals surface area contributed by atoms with Gasteiger partial charge in [0.25, 0.3) is 0 Å². The molecule has 3 saturated carbocycles. The molecular formula is C27H44O4. The van der Waals surface area contributed by atoms with Gasteiger partial charge in [-0.2, -0.15) is 0 Å². The first-order valence-electron chi connectivity index (χ1n) is 12.3. The number of aliphatic hydroxyl groups is 4. The maximum absolute atomic E-state index is 11.5. The van der Waals surface area contributed by atoms with Crippen LogP contribution < -0.4 is 0 Å². The van der Waals surface area contributed by atoms with E-state index in [9.17, 15) is 20.4 Å². The van der Waals surface area contributed by atoms with Crippen molar-refractivity contribution in [1.82, 2.24) is 0 Å². The lowest BCUT2D eigenvalue weighted by Crippen LogP contribution is -2.47. The summed E-state index contributed by atoms with van der Waals surface area (Å²) in [6, 6.07) is 0. The van der Waals surface area contributed by atoms with Crippen LogP contribution in [0.15, 0.2) is 35.5 Å². The Kier molecular flexibility index (Phi) is 7.57. The van der Waals surface area contributed by atoms with Gasteiger partial charge in [-0.05, 0) is 86.2 Å². The Balaban J connectivity index is 1.78. The van der Waals surface area contributed by atoms with Crippen molar-refractivity contribution in [3.8, 4) is 0 Å². The van der Waals surface area contributed by atoms with Crippen LogP contribution in [0.1, 0.15) is 85.5 Å². The summed E-state index contributed by atoms with van der Waals surface area (Å²) in [5.74, 6) is 1.03. The van der Waals surface area contributed by atoms with Crippen LogP contribution in [0.25, 0.3) is 0 Å². The third-order valence-corrected chi connectivity index (χ3v) is 8.37. The average Bonchev–Trinajstić information content (AvgIpc) is 3.00. The number of aliphatic hydroxyl groups excluding tert-OH is 3. The lowest BCUT2D eigenvalue weighted by Gasteiger charge is -2.47. The van der Waals surface area contributed by atoms with Gasteiger partial charge in [0.05, 0.1) is 23.9 Å². The SMILES string of the molecule is C=C1C(=CC=C2CCC[C@@]3(C)[C@H]2CC[C@@H]3[C@@](C)(O)CC(O)CC(C)C)C[C@H](O)C[C@H]1O. The maximum atomic E-state index is 11.5. The Bertz CT molecular complexity index is 719. The molecule has 0 aliphatic heterocycles. The van der Waals surface area contributed by atoms with E-state index in [1.54, 1.807) is 0 Å². The van der Waals surface area contributed by atoms with Gasteiger partial charge in [0.1, 0.15) is 0 Å². The van der Waals surface area contributed by atoms with Crippen molar-refractivity contribution in [3.63, 3.8) is 0 Å². The average molecular weight is 433 g/mol. The molecule has 4 N–H and O–H groups in total. The third-order valence-electron chi connectivity index (χ3n) is 8.37. The van der Waals surface area contributed by atoms with Crippen LogP contribution in [0.2, 0.25) is 0 Å². The smallest absolute Gasteiger partial charge is 0.0811 e. The fraction of sp³-hybridized carbons (Fsp3) is 0.778. The summed E-state index contributed by atoms with van der Waals surface area (Å²) in [5, 5.41) is 42.1. The Morgan fingerprint density at radius 2 is 1.94 bits per heavy atom. The fourth-order valence-corrected chi connectivity index (χ4v) is 6.97. The Morgan fingerprint density at radius 3 is 2.61 bits per heavy atom. The number of allylic oxidation sites excluding steroid dienone is 3. The second-order valence-electron chi connectivity index (χ2n) is 11.5. The van der Waals surface area contributed by atoms with Gasteiger partial charge in [0.2, 0.25) is 0 Å². The highest BCUT2D eigenvalue weighted by Crippen LogP contribution is 2.60. The lowest BCUT2D eigenvalue weighted by molar-refractivity contribution is -0.0867. The molecule has 0 amide bonds. The van der Waals surface area contributed by atoms with Gasteiger partial charge < -0.3 is 20.4 Å². The van der Waals surface area contributed by atoms with E-state index in [1.165, 1.54) is 5.57 Å². The van der Waals surface area contributed by atoms with E-state index in [2.05, 4.69) is 39.5 Å². The number of hydrogen-bond acceptors (Lipinski definition) is 4. The van der Waals surface area contributed by atoms with E-state index in [4.69, 9.17) is 0 Å². The molecule has 0 radical (unpaired) electrons. The number of hydrogen-bond donors (Lipinski definition) is 4. The van der Waals surface area contributed by atoms with E-state index >= 15 is 0 Å². The monoisotopic (exact) mass is 432 g/mol. The Labute approximate surface area is 188 Å². The largest absolute Gasteiger partial charge is 0.393 e. The molecule has 0 heterocycles. The predicted octanol–water partition coefficient (Wildman–Crippen LogP) is 4.68. The topological polar surface area (TPSA) is 80.9 Å². The number of rotatable bonds is 6. The Morgan fingerprint density at radius 1 is 1.23 bits per heavy atom. The molecule has 176 valence electrons. The van der Waals surface area contributed by atoms with E-state index in [0.717, 1.165) is 49.7 Å². The summed E-state index contributed by atoms with van der Waals surface area (Å²) >= 11 is 0. The van der Waals surface area contributed by atoms with Crippen molar-refractivity contribution in [2.24, 2.45) is 23.2 Å². The molecule has 31 heavy (non-hydrogen) atoms. The first kappa shape index (κ1) is 24.7. The molecule has 3 fully saturated rings.